The van der Waals surface area contributed by atoms with E-state index < -0.39 is 0 Å². The number of benzene rings is 2. The third kappa shape index (κ3) is 2.52. The molecule has 4 rings (SSSR count). The predicted molar refractivity (Wildman–Crippen MR) is 95.0 cm³/mol. The fourth-order valence-corrected chi connectivity index (χ4v) is 2.84. The highest BCUT2D eigenvalue weighted by Crippen LogP contribution is 2.24. The summed E-state index contributed by atoms with van der Waals surface area (Å²) in [5.41, 5.74) is 2.21. The summed E-state index contributed by atoms with van der Waals surface area (Å²) in [6.07, 6.45) is 2.85. The fraction of sp³-hybridized carbons (Fsp3) is 0. The van der Waals surface area contributed by atoms with Gasteiger partial charge >= 0.3 is 0 Å². The smallest absolute Gasteiger partial charge is 0.298 e. The standard InChI is InChI=1S/C17H10BrFN4O/c18-11-3-6-14-13(7-11)15-16(22-14)17(24)23(9-20-15)21-8-10-1-4-12(19)5-2-10/h1-9,22H/b21-8+. The number of hydrogen-bond acceptors (Lipinski definition) is 3. The number of aromatic amines is 1. The summed E-state index contributed by atoms with van der Waals surface area (Å²) >= 11 is 3.42. The van der Waals surface area contributed by atoms with E-state index in [2.05, 4.69) is 31.0 Å². The van der Waals surface area contributed by atoms with Gasteiger partial charge in [0.25, 0.3) is 5.56 Å². The van der Waals surface area contributed by atoms with Gasteiger partial charge in [-0.05, 0) is 35.9 Å². The van der Waals surface area contributed by atoms with E-state index in [9.17, 15) is 9.18 Å². The van der Waals surface area contributed by atoms with Crippen molar-refractivity contribution in [1.82, 2.24) is 14.6 Å². The van der Waals surface area contributed by atoms with Crippen molar-refractivity contribution in [1.29, 1.82) is 0 Å². The fourth-order valence-electron chi connectivity index (χ4n) is 2.48. The summed E-state index contributed by atoms with van der Waals surface area (Å²) < 4.78 is 15.0. The first-order valence-corrected chi connectivity index (χ1v) is 7.89. The number of hydrogen-bond donors (Lipinski definition) is 1. The van der Waals surface area contributed by atoms with Crippen molar-refractivity contribution in [3.8, 4) is 0 Å². The Morgan fingerprint density at radius 2 is 2.00 bits per heavy atom. The number of aromatic nitrogens is 3. The second-order valence-corrected chi connectivity index (χ2v) is 6.14. The van der Waals surface area contributed by atoms with Gasteiger partial charge < -0.3 is 4.98 Å². The predicted octanol–water partition coefficient (Wildman–Crippen LogP) is 3.66. The number of H-pyrrole nitrogens is 1. The third-order valence-corrected chi connectivity index (χ3v) is 4.15. The van der Waals surface area contributed by atoms with E-state index in [-0.39, 0.29) is 11.4 Å². The lowest BCUT2D eigenvalue weighted by atomic mass is 10.2. The highest BCUT2D eigenvalue weighted by Gasteiger charge is 2.10. The van der Waals surface area contributed by atoms with Crippen LogP contribution in [0.25, 0.3) is 21.9 Å². The van der Waals surface area contributed by atoms with Crippen LogP contribution in [0.3, 0.4) is 0 Å². The quantitative estimate of drug-likeness (QED) is 0.536. The molecule has 0 saturated heterocycles. The summed E-state index contributed by atoms with van der Waals surface area (Å²) in [7, 11) is 0. The van der Waals surface area contributed by atoms with Crippen LogP contribution in [0.15, 0.2) is 63.2 Å². The van der Waals surface area contributed by atoms with Crippen molar-refractivity contribution in [3.05, 3.63) is 75.0 Å². The van der Waals surface area contributed by atoms with Crippen molar-refractivity contribution in [2.75, 3.05) is 0 Å². The van der Waals surface area contributed by atoms with Gasteiger partial charge in [-0.2, -0.15) is 9.78 Å². The van der Waals surface area contributed by atoms with Crippen LogP contribution in [-0.2, 0) is 0 Å². The van der Waals surface area contributed by atoms with Crippen LogP contribution in [0.5, 0.6) is 0 Å². The highest BCUT2D eigenvalue weighted by atomic mass is 79.9. The van der Waals surface area contributed by atoms with Crippen LogP contribution >= 0.6 is 15.9 Å². The molecule has 4 aromatic rings. The first-order chi connectivity index (χ1) is 11.6. The lowest BCUT2D eigenvalue weighted by Crippen LogP contribution is -2.17. The third-order valence-electron chi connectivity index (χ3n) is 3.65. The SMILES string of the molecule is O=c1c2[nH]c3ccc(Br)cc3c2ncn1/N=C/c1ccc(F)cc1. The van der Waals surface area contributed by atoms with E-state index in [0.29, 0.717) is 16.6 Å². The zero-order valence-electron chi connectivity index (χ0n) is 12.2. The molecule has 2 aromatic heterocycles. The van der Waals surface area contributed by atoms with Crippen molar-refractivity contribution in [3.63, 3.8) is 0 Å². The van der Waals surface area contributed by atoms with Gasteiger partial charge in [-0.1, -0.05) is 28.1 Å². The molecule has 0 aliphatic rings. The number of rotatable bonds is 2. The molecule has 0 fully saturated rings. The Morgan fingerprint density at radius 3 is 2.79 bits per heavy atom. The van der Waals surface area contributed by atoms with Crippen LogP contribution in [0.1, 0.15) is 5.56 Å². The molecule has 0 bridgehead atoms. The van der Waals surface area contributed by atoms with Gasteiger partial charge in [0.05, 0.1) is 6.21 Å². The molecule has 0 spiro atoms. The van der Waals surface area contributed by atoms with Crippen molar-refractivity contribution >= 4 is 44.1 Å². The van der Waals surface area contributed by atoms with Crippen LogP contribution in [0.2, 0.25) is 0 Å². The van der Waals surface area contributed by atoms with Crippen molar-refractivity contribution in [2.24, 2.45) is 5.10 Å². The molecule has 0 radical (unpaired) electrons. The van der Waals surface area contributed by atoms with Crippen molar-refractivity contribution in [2.45, 2.75) is 0 Å². The van der Waals surface area contributed by atoms with Crippen LogP contribution in [-0.4, -0.2) is 20.9 Å². The molecule has 0 saturated carbocycles. The topological polar surface area (TPSA) is 63.0 Å². The summed E-state index contributed by atoms with van der Waals surface area (Å²) in [6, 6.07) is 11.5. The molecular formula is C17H10BrFN4O. The second-order valence-electron chi connectivity index (χ2n) is 5.23. The molecular weight excluding hydrogens is 375 g/mol. The number of nitrogens with zero attached hydrogens (tertiary/aromatic N) is 3. The van der Waals surface area contributed by atoms with Crippen LogP contribution in [0, 0.1) is 5.82 Å². The molecule has 7 heteroatoms. The van der Waals surface area contributed by atoms with Gasteiger partial charge in [-0.15, -0.1) is 0 Å². The molecule has 0 aliphatic heterocycles. The minimum atomic E-state index is -0.323. The van der Waals surface area contributed by atoms with Gasteiger partial charge in [0, 0.05) is 15.4 Å². The molecule has 0 atom stereocenters. The van der Waals surface area contributed by atoms with E-state index in [1.807, 2.05) is 18.2 Å². The zero-order chi connectivity index (χ0) is 16.7. The lowest BCUT2D eigenvalue weighted by molar-refractivity contribution is 0.628. The first kappa shape index (κ1) is 14.8. The molecule has 2 heterocycles. The van der Waals surface area contributed by atoms with Crippen molar-refractivity contribution < 1.29 is 4.39 Å². The number of fused-ring (bicyclic) bond motifs is 3. The summed E-state index contributed by atoms with van der Waals surface area (Å²) in [5.74, 6) is -0.323. The van der Waals surface area contributed by atoms with E-state index in [0.717, 1.165) is 20.1 Å². The summed E-state index contributed by atoms with van der Waals surface area (Å²) in [4.78, 5) is 20.0. The van der Waals surface area contributed by atoms with Gasteiger partial charge in [0.15, 0.2) is 0 Å². The number of halogens is 2. The Morgan fingerprint density at radius 1 is 1.21 bits per heavy atom. The Labute approximate surface area is 143 Å². The maximum atomic E-state index is 12.9. The average molecular weight is 385 g/mol. The Bertz CT molecular complexity index is 1150. The molecule has 2 aromatic carbocycles. The Hall–Kier alpha value is -2.80. The van der Waals surface area contributed by atoms with E-state index >= 15 is 0 Å². The maximum Gasteiger partial charge on any atom is 0.298 e. The first-order valence-electron chi connectivity index (χ1n) is 7.10. The zero-order valence-corrected chi connectivity index (χ0v) is 13.8. The van der Waals surface area contributed by atoms with Gasteiger partial charge in [-0.25, -0.2) is 9.37 Å². The van der Waals surface area contributed by atoms with E-state index in [1.54, 1.807) is 12.1 Å². The molecule has 24 heavy (non-hydrogen) atoms. The normalized spacial score (nSPS) is 11.8. The van der Waals surface area contributed by atoms with E-state index in [4.69, 9.17) is 0 Å². The molecule has 1 N–H and O–H groups in total. The molecule has 0 aliphatic carbocycles. The maximum absolute atomic E-state index is 12.9. The van der Waals surface area contributed by atoms with E-state index in [1.165, 1.54) is 24.7 Å². The number of nitrogens with one attached hydrogen (secondary N) is 1. The van der Waals surface area contributed by atoms with Gasteiger partial charge in [-0.3, -0.25) is 4.79 Å². The van der Waals surface area contributed by atoms with Crippen LogP contribution in [0.4, 0.5) is 4.39 Å². The molecule has 0 unspecified atom stereocenters. The van der Waals surface area contributed by atoms with Crippen LogP contribution < -0.4 is 5.56 Å². The monoisotopic (exact) mass is 384 g/mol. The molecule has 0 amide bonds. The Kier molecular flexibility index (Phi) is 3.50. The Balaban J connectivity index is 1.82. The second kappa shape index (κ2) is 5.68. The lowest BCUT2D eigenvalue weighted by Gasteiger charge is -1.98. The highest BCUT2D eigenvalue weighted by molar-refractivity contribution is 9.10. The molecule has 5 nitrogen and oxygen atoms in total. The van der Waals surface area contributed by atoms with Gasteiger partial charge in [0.1, 0.15) is 23.2 Å². The molecule has 118 valence electrons. The van der Waals surface area contributed by atoms with Gasteiger partial charge in [0.2, 0.25) is 0 Å². The minimum absolute atomic E-state index is 0.300. The average Bonchev–Trinajstić information content (AvgIpc) is 2.95. The minimum Gasteiger partial charge on any atom is -0.349 e. The largest absolute Gasteiger partial charge is 0.349 e. The summed E-state index contributed by atoms with van der Waals surface area (Å²) in [5, 5.41) is 4.98. The summed E-state index contributed by atoms with van der Waals surface area (Å²) in [6.45, 7) is 0.